The summed E-state index contributed by atoms with van der Waals surface area (Å²) in [4.78, 5) is 20.9. The van der Waals surface area contributed by atoms with Gasteiger partial charge in [0.2, 0.25) is 5.88 Å². The lowest BCUT2D eigenvalue weighted by Gasteiger charge is -2.36. The number of pyridine rings is 1. The molecule has 1 aliphatic heterocycles. The number of anilines is 1. The predicted molar refractivity (Wildman–Crippen MR) is 107 cm³/mol. The van der Waals surface area contributed by atoms with Crippen molar-refractivity contribution in [1.82, 2.24) is 15.2 Å². The summed E-state index contributed by atoms with van der Waals surface area (Å²) < 4.78 is 5.53. The lowest BCUT2D eigenvalue weighted by atomic mass is 10.2. The molecule has 27 heavy (non-hydrogen) atoms. The lowest BCUT2D eigenvalue weighted by molar-refractivity contribution is 0.194. The molecule has 6 nitrogen and oxygen atoms in total. The van der Waals surface area contributed by atoms with Crippen LogP contribution in [0.4, 0.5) is 10.5 Å². The second kappa shape index (κ2) is 8.75. The number of carbonyl (C=O) groups excluding carboxylic acids is 1. The van der Waals surface area contributed by atoms with E-state index < -0.39 is 0 Å². The van der Waals surface area contributed by atoms with E-state index in [1.54, 1.807) is 6.20 Å². The van der Waals surface area contributed by atoms with Crippen LogP contribution in [0.25, 0.3) is 0 Å². The Balaban J connectivity index is 1.45. The van der Waals surface area contributed by atoms with E-state index in [-0.39, 0.29) is 12.1 Å². The van der Waals surface area contributed by atoms with E-state index >= 15 is 0 Å². The van der Waals surface area contributed by atoms with Gasteiger partial charge in [0.05, 0.1) is 6.10 Å². The van der Waals surface area contributed by atoms with Crippen LogP contribution >= 0.6 is 0 Å². The Morgan fingerprint density at radius 2 is 1.96 bits per heavy atom. The maximum Gasteiger partial charge on any atom is 0.317 e. The number of benzene rings is 1. The summed E-state index contributed by atoms with van der Waals surface area (Å²) in [5, 5.41) is 2.98. The van der Waals surface area contributed by atoms with Crippen LogP contribution in [0.1, 0.15) is 25.0 Å². The second-order valence-corrected chi connectivity index (χ2v) is 7.14. The summed E-state index contributed by atoms with van der Waals surface area (Å²) in [6.07, 6.45) is 1.84. The van der Waals surface area contributed by atoms with Gasteiger partial charge in [0.15, 0.2) is 0 Å². The first-order valence-corrected chi connectivity index (χ1v) is 9.47. The second-order valence-electron chi connectivity index (χ2n) is 7.14. The number of urea groups is 1. The first-order chi connectivity index (χ1) is 13.0. The number of hydrogen-bond acceptors (Lipinski definition) is 4. The maximum absolute atomic E-state index is 12.4. The van der Waals surface area contributed by atoms with Gasteiger partial charge >= 0.3 is 6.03 Å². The number of aromatic nitrogens is 1. The van der Waals surface area contributed by atoms with Gasteiger partial charge in [-0.25, -0.2) is 9.78 Å². The summed E-state index contributed by atoms with van der Waals surface area (Å²) in [5.41, 5.74) is 3.44. The third kappa shape index (κ3) is 5.36. The molecule has 1 fully saturated rings. The number of carbonyl (C=O) groups is 1. The van der Waals surface area contributed by atoms with Gasteiger partial charge in [-0.1, -0.05) is 18.2 Å². The molecular weight excluding hydrogens is 340 g/mol. The highest BCUT2D eigenvalue weighted by molar-refractivity contribution is 5.74. The van der Waals surface area contributed by atoms with Gasteiger partial charge in [-0.2, -0.15) is 0 Å². The number of amides is 2. The van der Waals surface area contributed by atoms with E-state index in [0.29, 0.717) is 12.4 Å². The van der Waals surface area contributed by atoms with Crippen LogP contribution in [0, 0.1) is 6.92 Å². The summed E-state index contributed by atoms with van der Waals surface area (Å²) in [6.45, 7) is 9.64. The van der Waals surface area contributed by atoms with Crippen molar-refractivity contribution in [3.05, 3.63) is 53.7 Å². The molecule has 1 saturated heterocycles. The van der Waals surface area contributed by atoms with Crippen LogP contribution in [0.5, 0.6) is 5.88 Å². The van der Waals surface area contributed by atoms with Gasteiger partial charge in [-0.3, -0.25) is 0 Å². The number of nitrogens with zero attached hydrogens (tertiary/aromatic N) is 3. The molecule has 1 aromatic carbocycles. The van der Waals surface area contributed by atoms with Crippen molar-refractivity contribution >= 4 is 11.7 Å². The van der Waals surface area contributed by atoms with Crippen LogP contribution in [0.2, 0.25) is 0 Å². The lowest BCUT2D eigenvalue weighted by Crippen LogP contribution is -2.51. The van der Waals surface area contributed by atoms with Crippen molar-refractivity contribution in [2.45, 2.75) is 33.4 Å². The highest BCUT2D eigenvalue weighted by atomic mass is 16.5. The van der Waals surface area contributed by atoms with Crippen molar-refractivity contribution < 1.29 is 9.53 Å². The Morgan fingerprint density at radius 1 is 1.19 bits per heavy atom. The molecule has 1 aliphatic rings. The first kappa shape index (κ1) is 19.0. The van der Waals surface area contributed by atoms with Crippen molar-refractivity contribution in [2.75, 3.05) is 31.1 Å². The molecule has 0 radical (unpaired) electrons. The predicted octanol–water partition coefficient (Wildman–Crippen LogP) is 3.21. The van der Waals surface area contributed by atoms with Gasteiger partial charge in [0.1, 0.15) is 0 Å². The van der Waals surface area contributed by atoms with Gasteiger partial charge in [0, 0.05) is 50.7 Å². The topological polar surface area (TPSA) is 57.7 Å². The SMILES string of the molecule is Cc1cccc(N2CCN(C(=O)NCc3ccc(OC(C)C)nc3)CC2)c1. The number of aryl methyl sites for hydroxylation is 1. The zero-order valence-corrected chi connectivity index (χ0v) is 16.3. The van der Waals surface area contributed by atoms with Crippen LogP contribution in [-0.4, -0.2) is 48.2 Å². The molecule has 2 amide bonds. The van der Waals surface area contributed by atoms with E-state index in [1.165, 1.54) is 11.3 Å². The Morgan fingerprint density at radius 3 is 2.59 bits per heavy atom. The third-order valence-corrected chi connectivity index (χ3v) is 4.53. The zero-order chi connectivity index (χ0) is 19.2. The Hall–Kier alpha value is -2.76. The van der Waals surface area contributed by atoms with Crippen molar-refractivity contribution in [3.8, 4) is 5.88 Å². The molecule has 0 atom stereocenters. The number of nitrogens with one attached hydrogen (secondary N) is 1. The molecule has 1 N–H and O–H groups in total. The molecule has 0 aliphatic carbocycles. The molecule has 0 spiro atoms. The smallest absolute Gasteiger partial charge is 0.317 e. The van der Waals surface area contributed by atoms with Gasteiger partial charge in [0.25, 0.3) is 0 Å². The van der Waals surface area contributed by atoms with Crippen molar-refractivity contribution in [3.63, 3.8) is 0 Å². The highest BCUT2D eigenvalue weighted by Gasteiger charge is 2.21. The molecule has 0 bridgehead atoms. The van der Waals surface area contributed by atoms with E-state index in [4.69, 9.17) is 4.74 Å². The Bertz CT molecular complexity index is 753. The monoisotopic (exact) mass is 368 g/mol. The minimum atomic E-state index is -0.0265. The molecule has 0 unspecified atom stereocenters. The van der Waals surface area contributed by atoms with Gasteiger partial charge in [-0.05, 0) is 44.0 Å². The summed E-state index contributed by atoms with van der Waals surface area (Å²) in [6, 6.07) is 12.2. The zero-order valence-electron chi connectivity index (χ0n) is 16.3. The minimum Gasteiger partial charge on any atom is -0.475 e. The van der Waals surface area contributed by atoms with E-state index in [0.717, 1.165) is 31.7 Å². The summed E-state index contributed by atoms with van der Waals surface area (Å²) in [7, 11) is 0. The van der Waals surface area contributed by atoms with Gasteiger partial charge < -0.3 is 19.9 Å². The van der Waals surface area contributed by atoms with E-state index in [2.05, 4.69) is 46.4 Å². The quantitative estimate of drug-likeness (QED) is 0.880. The summed E-state index contributed by atoms with van der Waals surface area (Å²) in [5.74, 6) is 0.604. The standard InChI is InChI=1S/C21H28N4O2/c1-16(2)27-20-8-7-18(14-22-20)15-23-21(26)25-11-9-24(10-12-25)19-6-4-5-17(3)13-19/h4-8,13-14,16H,9-12,15H2,1-3H3,(H,23,26). The molecule has 3 rings (SSSR count). The summed E-state index contributed by atoms with van der Waals surface area (Å²) >= 11 is 0. The van der Waals surface area contributed by atoms with E-state index in [9.17, 15) is 4.79 Å². The molecule has 0 saturated carbocycles. The molecule has 1 aromatic heterocycles. The molecule has 6 heteroatoms. The van der Waals surface area contributed by atoms with E-state index in [1.807, 2.05) is 30.9 Å². The number of piperazine rings is 1. The minimum absolute atomic E-state index is 0.0265. The van der Waals surface area contributed by atoms with Crippen LogP contribution < -0.4 is 15.0 Å². The largest absolute Gasteiger partial charge is 0.475 e. The maximum atomic E-state index is 12.4. The van der Waals surface area contributed by atoms with Crippen LogP contribution in [-0.2, 0) is 6.54 Å². The number of rotatable bonds is 5. The average molecular weight is 368 g/mol. The fraction of sp³-hybridized carbons (Fsp3) is 0.429. The van der Waals surface area contributed by atoms with Crippen LogP contribution in [0.15, 0.2) is 42.6 Å². The van der Waals surface area contributed by atoms with Crippen LogP contribution in [0.3, 0.4) is 0 Å². The molecular formula is C21H28N4O2. The van der Waals surface area contributed by atoms with Gasteiger partial charge in [-0.15, -0.1) is 0 Å². The average Bonchev–Trinajstić information content (AvgIpc) is 2.67. The molecule has 2 heterocycles. The molecule has 144 valence electrons. The number of ether oxygens (including phenoxy) is 1. The van der Waals surface area contributed by atoms with Crippen molar-refractivity contribution in [1.29, 1.82) is 0 Å². The Kier molecular flexibility index (Phi) is 6.16. The molecule has 2 aromatic rings. The first-order valence-electron chi connectivity index (χ1n) is 9.47. The Labute approximate surface area is 161 Å². The third-order valence-electron chi connectivity index (χ3n) is 4.53. The fourth-order valence-corrected chi connectivity index (χ4v) is 3.11. The normalized spacial score (nSPS) is 14.4. The fourth-order valence-electron chi connectivity index (χ4n) is 3.11. The van der Waals surface area contributed by atoms with Crippen molar-refractivity contribution in [2.24, 2.45) is 0 Å². The highest BCUT2D eigenvalue weighted by Crippen LogP contribution is 2.18. The number of hydrogen-bond donors (Lipinski definition) is 1.